The minimum Gasteiger partial charge on any atom is -0.225 e. The fourth-order valence-corrected chi connectivity index (χ4v) is 0.570. The summed E-state index contributed by atoms with van der Waals surface area (Å²) >= 11 is 8.11. The van der Waals surface area contributed by atoms with E-state index >= 15 is 0 Å². The van der Waals surface area contributed by atoms with Crippen LogP contribution < -0.4 is 0 Å². The fraction of sp³-hybridized carbons (Fsp3) is 1.00. The lowest BCUT2D eigenvalue weighted by Crippen LogP contribution is -2.54. The first kappa shape index (κ1) is 13.1. The zero-order valence-corrected chi connectivity index (χ0v) is 6.99. The summed E-state index contributed by atoms with van der Waals surface area (Å²) in [5, 5.41) is -5.01. The van der Waals surface area contributed by atoms with Crippen molar-refractivity contribution in [2.24, 2.45) is 0 Å². The quantitative estimate of drug-likeness (QED) is 0.520. The first-order chi connectivity index (χ1) is 5.44. The van der Waals surface area contributed by atoms with Gasteiger partial charge in [0.2, 0.25) is 5.63 Å². The van der Waals surface area contributed by atoms with Crippen molar-refractivity contribution in [1.29, 1.82) is 0 Å². The first-order valence-electron chi connectivity index (χ1n) is 2.55. The topological polar surface area (TPSA) is 0 Å². The minimum absolute atomic E-state index is 3.68. The third-order valence-electron chi connectivity index (χ3n) is 1.05. The lowest BCUT2D eigenvalue weighted by Gasteiger charge is -2.29. The van der Waals surface area contributed by atoms with Gasteiger partial charge in [0.15, 0.2) is 0 Å². The predicted octanol–water partition coefficient (Wildman–Crippen LogP) is 3.62. The van der Waals surface area contributed by atoms with E-state index in [-0.39, 0.29) is 0 Å². The van der Waals surface area contributed by atoms with Crippen molar-refractivity contribution in [2.75, 3.05) is 0 Å². The second kappa shape index (κ2) is 3.34. The van der Waals surface area contributed by atoms with E-state index < -0.39 is 22.9 Å². The van der Waals surface area contributed by atoms with E-state index in [1.54, 1.807) is 0 Å². The van der Waals surface area contributed by atoms with Crippen molar-refractivity contribution < 1.29 is 30.7 Å². The first-order valence-corrected chi connectivity index (χ1v) is 3.36. The van der Waals surface area contributed by atoms with Crippen LogP contribution in [0.3, 0.4) is 0 Å². The molecule has 13 heavy (non-hydrogen) atoms. The van der Waals surface area contributed by atoms with E-state index in [0.29, 0.717) is 0 Å². The van der Waals surface area contributed by atoms with Crippen LogP contribution in [0.15, 0.2) is 0 Å². The fourth-order valence-electron chi connectivity index (χ4n) is 0.326. The third kappa shape index (κ3) is 2.12. The molecule has 0 rings (SSSR count). The number of hydrogen-bond acceptors (Lipinski definition) is 0. The molecule has 0 spiro atoms. The molecule has 80 valence electrons. The predicted molar refractivity (Wildman–Crippen MR) is 31.4 cm³/mol. The number of hydrogen-bond donors (Lipinski definition) is 0. The Labute approximate surface area is 77.6 Å². The molecule has 2 unspecified atom stereocenters. The zero-order chi connectivity index (χ0) is 11.1. The highest BCUT2D eigenvalue weighted by Crippen LogP contribution is 2.50. The number of alkyl halides is 9. The molecular formula is C4HCl2F7. The second-order valence-electron chi connectivity index (χ2n) is 2.00. The molecule has 0 aliphatic rings. The average molecular weight is 253 g/mol. The van der Waals surface area contributed by atoms with Crippen molar-refractivity contribution in [3.63, 3.8) is 0 Å². The van der Waals surface area contributed by atoms with Gasteiger partial charge in [0.25, 0.3) is 0 Å². The standard InChI is InChI=1S/C4HCl2F7/c5-1(7)2(6,8)3(9,10)4(11,12)13/h1H. The molecule has 2 atom stereocenters. The van der Waals surface area contributed by atoms with Crippen LogP contribution in [0.5, 0.6) is 0 Å². The Bertz CT molecular complexity index is 183. The van der Waals surface area contributed by atoms with Crippen LogP contribution in [0.25, 0.3) is 0 Å². The van der Waals surface area contributed by atoms with Gasteiger partial charge < -0.3 is 0 Å². The summed E-state index contributed by atoms with van der Waals surface area (Å²) in [6.07, 6.45) is -6.30. The number of rotatable bonds is 2. The van der Waals surface area contributed by atoms with E-state index in [1.807, 2.05) is 0 Å². The Hall–Kier alpha value is 0.0900. The van der Waals surface area contributed by atoms with Crippen LogP contribution in [0, 0.1) is 0 Å². The van der Waals surface area contributed by atoms with Gasteiger partial charge in [-0.1, -0.05) is 23.2 Å². The maximum Gasteiger partial charge on any atom is 0.458 e. The van der Waals surface area contributed by atoms with Crippen molar-refractivity contribution >= 4 is 23.2 Å². The maximum atomic E-state index is 12.3. The van der Waals surface area contributed by atoms with E-state index in [1.165, 1.54) is 0 Å². The van der Waals surface area contributed by atoms with E-state index in [0.717, 1.165) is 0 Å². The number of halogens is 9. The summed E-state index contributed by atoms with van der Waals surface area (Å²) in [5.41, 5.74) is -3.68. The highest BCUT2D eigenvalue weighted by Gasteiger charge is 2.74. The van der Waals surface area contributed by atoms with Crippen LogP contribution in [-0.2, 0) is 0 Å². The minimum atomic E-state index is -6.30. The molecule has 0 heterocycles. The summed E-state index contributed by atoms with van der Waals surface area (Å²) in [6, 6.07) is 0. The van der Waals surface area contributed by atoms with Gasteiger partial charge in [0.1, 0.15) is 0 Å². The Morgan fingerprint density at radius 2 is 1.23 bits per heavy atom. The van der Waals surface area contributed by atoms with E-state index in [2.05, 4.69) is 23.2 Å². The molecule has 0 nitrogen and oxygen atoms in total. The maximum absolute atomic E-state index is 12.3. The van der Waals surface area contributed by atoms with Crippen molar-refractivity contribution in [3.8, 4) is 0 Å². The molecule has 0 aromatic rings. The SMILES string of the molecule is FC(Cl)C(F)(Cl)C(F)(F)C(F)(F)F. The molecular weight excluding hydrogens is 252 g/mol. The lowest BCUT2D eigenvalue weighted by atomic mass is 10.2. The van der Waals surface area contributed by atoms with Gasteiger partial charge in [-0.15, -0.1) is 0 Å². The van der Waals surface area contributed by atoms with Crippen LogP contribution in [0.1, 0.15) is 0 Å². The van der Waals surface area contributed by atoms with Crippen molar-refractivity contribution in [2.45, 2.75) is 22.9 Å². The molecule has 0 bridgehead atoms. The van der Waals surface area contributed by atoms with Gasteiger partial charge in [-0.2, -0.15) is 22.0 Å². The molecule has 9 heteroatoms. The third-order valence-corrected chi connectivity index (χ3v) is 1.89. The van der Waals surface area contributed by atoms with E-state index in [9.17, 15) is 30.7 Å². The summed E-state index contributed by atoms with van der Waals surface area (Å²) < 4.78 is 82.2. The van der Waals surface area contributed by atoms with Crippen molar-refractivity contribution in [1.82, 2.24) is 0 Å². The molecule has 0 radical (unpaired) electrons. The average Bonchev–Trinajstić information content (AvgIpc) is 1.84. The summed E-state index contributed by atoms with van der Waals surface area (Å²) in [4.78, 5) is 0. The molecule has 0 aromatic carbocycles. The van der Waals surface area contributed by atoms with E-state index in [4.69, 9.17) is 0 Å². The monoisotopic (exact) mass is 252 g/mol. The van der Waals surface area contributed by atoms with Crippen LogP contribution in [-0.4, -0.2) is 22.9 Å². The van der Waals surface area contributed by atoms with Crippen molar-refractivity contribution in [3.05, 3.63) is 0 Å². The molecule has 0 N–H and O–H groups in total. The summed E-state index contributed by atoms with van der Waals surface area (Å²) in [7, 11) is 0. The molecule has 0 saturated heterocycles. The van der Waals surface area contributed by atoms with Gasteiger partial charge in [0.05, 0.1) is 0 Å². The Kier molecular flexibility index (Phi) is 3.37. The molecule has 0 fully saturated rings. The van der Waals surface area contributed by atoms with Gasteiger partial charge >= 0.3 is 17.2 Å². The molecule has 0 aliphatic carbocycles. The normalized spacial score (nSPS) is 21.0. The van der Waals surface area contributed by atoms with Crippen LogP contribution in [0.2, 0.25) is 0 Å². The Morgan fingerprint density at radius 3 is 1.31 bits per heavy atom. The molecule has 0 amide bonds. The molecule has 0 aliphatic heterocycles. The Morgan fingerprint density at radius 1 is 0.923 bits per heavy atom. The van der Waals surface area contributed by atoms with Gasteiger partial charge in [-0.3, -0.25) is 0 Å². The zero-order valence-electron chi connectivity index (χ0n) is 5.48. The van der Waals surface area contributed by atoms with Gasteiger partial charge in [-0.05, 0) is 0 Å². The van der Waals surface area contributed by atoms with Crippen LogP contribution in [0.4, 0.5) is 30.7 Å². The second-order valence-corrected chi connectivity index (χ2v) is 2.93. The Balaban J connectivity index is 5.04. The smallest absolute Gasteiger partial charge is 0.225 e. The molecule has 0 aromatic heterocycles. The summed E-state index contributed by atoms with van der Waals surface area (Å²) in [6.45, 7) is 0. The largest absolute Gasteiger partial charge is 0.458 e. The highest BCUT2D eigenvalue weighted by molar-refractivity contribution is 6.31. The molecule has 0 saturated carbocycles. The highest BCUT2D eigenvalue weighted by atomic mass is 35.5. The van der Waals surface area contributed by atoms with Crippen LogP contribution >= 0.6 is 23.2 Å². The van der Waals surface area contributed by atoms with Gasteiger partial charge in [-0.25, -0.2) is 8.78 Å². The lowest BCUT2D eigenvalue weighted by molar-refractivity contribution is -0.315. The summed E-state index contributed by atoms with van der Waals surface area (Å²) in [5.74, 6) is -6.05. The van der Waals surface area contributed by atoms with Gasteiger partial charge in [0, 0.05) is 0 Å².